The molecular formula is C17H23N3O4S. The Hall–Kier alpha value is -1.93. The number of aromatic nitrogens is 2. The van der Waals surface area contributed by atoms with Crippen LogP contribution in [0.5, 0.6) is 0 Å². The van der Waals surface area contributed by atoms with E-state index in [0.29, 0.717) is 11.0 Å². The number of fused-ring (bicyclic) bond motifs is 1. The molecule has 1 aromatic carbocycles. The molecule has 1 aliphatic heterocycles. The number of hydrogen-bond donors (Lipinski definition) is 0. The molecule has 0 radical (unpaired) electrons. The maximum absolute atomic E-state index is 13.2. The van der Waals surface area contributed by atoms with Crippen molar-refractivity contribution in [3.63, 3.8) is 0 Å². The minimum Gasteiger partial charge on any atom is -0.305 e. The number of benzene rings is 1. The van der Waals surface area contributed by atoms with Crippen LogP contribution in [0, 0.1) is 0 Å². The lowest BCUT2D eigenvalue weighted by Crippen LogP contribution is -2.47. The van der Waals surface area contributed by atoms with E-state index in [4.69, 9.17) is 0 Å². The van der Waals surface area contributed by atoms with Crippen molar-refractivity contribution in [3.05, 3.63) is 38.9 Å². The standard InChI is InChI=1S/C17H23N3O4S/c1-11-6-5-7-12(2)20(11)25(23,24)13-8-9-14-15(10-13)19(4)17(22)16(21)18(14)3/h8-12H,5-7H2,1-4H3/t11-,12-/m1/s1. The fourth-order valence-electron chi connectivity index (χ4n) is 3.71. The van der Waals surface area contributed by atoms with Gasteiger partial charge in [-0.3, -0.25) is 9.59 Å². The fourth-order valence-corrected chi connectivity index (χ4v) is 5.62. The molecule has 2 heterocycles. The third-order valence-electron chi connectivity index (χ3n) is 5.15. The Morgan fingerprint density at radius 3 is 2.00 bits per heavy atom. The molecule has 1 aliphatic rings. The molecule has 0 bridgehead atoms. The molecule has 136 valence electrons. The van der Waals surface area contributed by atoms with Gasteiger partial charge in [-0.25, -0.2) is 8.42 Å². The molecule has 0 amide bonds. The van der Waals surface area contributed by atoms with Crippen LogP contribution in [-0.4, -0.2) is 33.9 Å². The van der Waals surface area contributed by atoms with Crippen LogP contribution in [0.2, 0.25) is 0 Å². The van der Waals surface area contributed by atoms with Crippen LogP contribution in [0.4, 0.5) is 0 Å². The molecule has 25 heavy (non-hydrogen) atoms. The Bertz CT molecular complexity index is 1040. The van der Waals surface area contributed by atoms with Crippen LogP contribution >= 0.6 is 0 Å². The molecule has 1 aromatic heterocycles. The number of nitrogens with zero attached hydrogens (tertiary/aromatic N) is 3. The second-order valence-corrected chi connectivity index (χ2v) is 8.69. The Kier molecular flexibility index (Phi) is 4.36. The Morgan fingerprint density at radius 1 is 0.920 bits per heavy atom. The molecule has 2 aromatic rings. The van der Waals surface area contributed by atoms with Gasteiger partial charge in [0, 0.05) is 26.2 Å². The van der Waals surface area contributed by atoms with Crippen molar-refractivity contribution in [2.75, 3.05) is 0 Å². The Balaban J connectivity index is 2.23. The topological polar surface area (TPSA) is 81.4 Å². The molecule has 2 atom stereocenters. The van der Waals surface area contributed by atoms with E-state index in [9.17, 15) is 18.0 Å². The minimum absolute atomic E-state index is 0.0617. The third-order valence-corrected chi connectivity index (χ3v) is 7.27. The van der Waals surface area contributed by atoms with Gasteiger partial charge in [0.25, 0.3) is 0 Å². The van der Waals surface area contributed by atoms with Gasteiger partial charge in [-0.15, -0.1) is 0 Å². The number of sulfonamides is 1. The second kappa shape index (κ2) is 6.10. The van der Waals surface area contributed by atoms with Gasteiger partial charge in [0.15, 0.2) is 0 Å². The molecule has 0 N–H and O–H groups in total. The number of hydrogen-bond acceptors (Lipinski definition) is 4. The van der Waals surface area contributed by atoms with Gasteiger partial charge in [-0.05, 0) is 44.9 Å². The summed E-state index contributed by atoms with van der Waals surface area (Å²) in [6, 6.07) is 4.46. The van der Waals surface area contributed by atoms with Gasteiger partial charge >= 0.3 is 11.1 Å². The van der Waals surface area contributed by atoms with Crippen LogP contribution in [0.1, 0.15) is 33.1 Å². The highest BCUT2D eigenvalue weighted by Gasteiger charge is 2.35. The maximum Gasteiger partial charge on any atom is 0.316 e. The lowest BCUT2D eigenvalue weighted by Gasteiger charge is -2.37. The van der Waals surface area contributed by atoms with Gasteiger partial charge in [0.2, 0.25) is 10.0 Å². The first kappa shape index (κ1) is 17.9. The number of aryl methyl sites for hydroxylation is 2. The van der Waals surface area contributed by atoms with Crippen molar-refractivity contribution in [1.82, 2.24) is 13.4 Å². The van der Waals surface area contributed by atoms with E-state index in [1.54, 1.807) is 10.4 Å². The number of rotatable bonds is 2. The second-order valence-electron chi connectivity index (χ2n) is 6.84. The first-order chi connectivity index (χ1) is 11.7. The zero-order valence-electron chi connectivity index (χ0n) is 14.9. The Morgan fingerprint density at radius 2 is 1.44 bits per heavy atom. The molecular weight excluding hydrogens is 342 g/mol. The largest absolute Gasteiger partial charge is 0.316 e. The van der Waals surface area contributed by atoms with Crippen molar-refractivity contribution in [2.24, 2.45) is 14.1 Å². The first-order valence-corrected chi connectivity index (χ1v) is 9.83. The monoisotopic (exact) mass is 365 g/mol. The third kappa shape index (κ3) is 2.73. The van der Waals surface area contributed by atoms with Gasteiger partial charge in [-0.2, -0.15) is 4.31 Å². The average Bonchev–Trinajstić information content (AvgIpc) is 2.57. The van der Waals surface area contributed by atoms with Crippen LogP contribution < -0.4 is 11.1 Å². The summed E-state index contributed by atoms with van der Waals surface area (Å²) in [6.45, 7) is 3.85. The lowest BCUT2D eigenvalue weighted by atomic mass is 10.0. The molecule has 8 heteroatoms. The Labute approximate surface area is 146 Å². The van der Waals surface area contributed by atoms with E-state index in [-0.39, 0.29) is 17.0 Å². The van der Waals surface area contributed by atoms with E-state index in [2.05, 4.69) is 0 Å². The van der Waals surface area contributed by atoms with E-state index < -0.39 is 21.1 Å². The van der Waals surface area contributed by atoms with Crippen LogP contribution in [0.3, 0.4) is 0 Å². The van der Waals surface area contributed by atoms with Gasteiger partial charge in [0.1, 0.15) is 0 Å². The summed E-state index contributed by atoms with van der Waals surface area (Å²) in [5.74, 6) is 0. The average molecular weight is 365 g/mol. The summed E-state index contributed by atoms with van der Waals surface area (Å²) in [5.41, 5.74) is -0.371. The number of piperidine rings is 1. The normalized spacial score (nSPS) is 22.4. The summed E-state index contributed by atoms with van der Waals surface area (Å²) in [7, 11) is -0.684. The molecule has 0 unspecified atom stereocenters. The van der Waals surface area contributed by atoms with Crippen molar-refractivity contribution in [2.45, 2.75) is 50.1 Å². The maximum atomic E-state index is 13.2. The van der Waals surface area contributed by atoms with Crippen LogP contribution in [-0.2, 0) is 24.1 Å². The van der Waals surface area contributed by atoms with Gasteiger partial charge in [0.05, 0.1) is 15.9 Å². The lowest BCUT2D eigenvalue weighted by molar-refractivity contribution is 0.204. The van der Waals surface area contributed by atoms with Crippen molar-refractivity contribution < 1.29 is 8.42 Å². The summed E-state index contributed by atoms with van der Waals surface area (Å²) >= 11 is 0. The molecule has 0 saturated carbocycles. The first-order valence-electron chi connectivity index (χ1n) is 8.39. The zero-order chi connectivity index (χ0) is 18.5. The zero-order valence-corrected chi connectivity index (χ0v) is 15.7. The van der Waals surface area contributed by atoms with E-state index in [0.717, 1.165) is 19.3 Å². The quantitative estimate of drug-likeness (QED) is 0.749. The van der Waals surface area contributed by atoms with Crippen molar-refractivity contribution in [3.8, 4) is 0 Å². The summed E-state index contributed by atoms with van der Waals surface area (Å²) in [5, 5.41) is 0. The molecule has 1 fully saturated rings. The van der Waals surface area contributed by atoms with E-state index >= 15 is 0 Å². The van der Waals surface area contributed by atoms with Crippen molar-refractivity contribution >= 4 is 21.1 Å². The summed E-state index contributed by atoms with van der Waals surface area (Å²) in [6.07, 6.45) is 2.69. The molecule has 0 aliphatic carbocycles. The van der Waals surface area contributed by atoms with Crippen LogP contribution in [0.25, 0.3) is 11.0 Å². The van der Waals surface area contributed by atoms with E-state index in [1.165, 1.54) is 35.4 Å². The van der Waals surface area contributed by atoms with Gasteiger partial charge in [-0.1, -0.05) is 6.42 Å². The highest BCUT2D eigenvalue weighted by Crippen LogP contribution is 2.30. The molecule has 1 saturated heterocycles. The van der Waals surface area contributed by atoms with E-state index in [1.807, 2.05) is 13.8 Å². The summed E-state index contributed by atoms with van der Waals surface area (Å²) < 4.78 is 30.4. The summed E-state index contributed by atoms with van der Waals surface area (Å²) in [4.78, 5) is 24.1. The molecule has 3 rings (SSSR count). The predicted molar refractivity (Wildman–Crippen MR) is 96.2 cm³/mol. The predicted octanol–water partition coefficient (Wildman–Crippen LogP) is 1.19. The highest BCUT2D eigenvalue weighted by atomic mass is 32.2. The SMILES string of the molecule is C[C@@H]1CCC[C@@H](C)N1S(=O)(=O)c1ccc2c(c1)n(C)c(=O)c(=O)n2C. The van der Waals surface area contributed by atoms with Gasteiger partial charge < -0.3 is 9.13 Å². The molecule has 7 nitrogen and oxygen atoms in total. The van der Waals surface area contributed by atoms with Crippen LogP contribution in [0.15, 0.2) is 32.7 Å². The minimum atomic E-state index is -3.67. The van der Waals surface area contributed by atoms with Crippen molar-refractivity contribution in [1.29, 1.82) is 0 Å². The molecule has 0 spiro atoms. The highest BCUT2D eigenvalue weighted by molar-refractivity contribution is 7.89. The fraction of sp³-hybridized carbons (Fsp3) is 0.529. The smallest absolute Gasteiger partial charge is 0.305 e.